The van der Waals surface area contributed by atoms with Crippen LogP contribution in [0.4, 0.5) is 13.2 Å². The highest BCUT2D eigenvalue weighted by molar-refractivity contribution is 5.97. The molecular formula is C18H24ClF3N2O2. The van der Waals surface area contributed by atoms with Gasteiger partial charge >= 0.3 is 6.18 Å². The van der Waals surface area contributed by atoms with Gasteiger partial charge < -0.3 is 15.0 Å². The molecule has 0 bridgehead atoms. The van der Waals surface area contributed by atoms with Crippen LogP contribution in [0.2, 0.25) is 0 Å². The third kappa shape index (κ3) is 5.64. The van der Waals surface area contributed by atoms with E-state index in [1.165, 1.54) is 12.1 Å². The molecule has 146 valence electrons. The van der Waals surface area contributed by atoms with Gasteiger partial charge in [-0.2, -0.15) is 13.2 Å². The zero-order valence-corrected chi connectivity index (χ0v) is 15.5. The van der Waals surface area contributed by atoms with Crippen LogP contribution in [0.25, 0.3) is 0 Å². The van der Waals surface area contributed by atoms with Gasteiger partial charge in [0.15, 0.2) is 0 Å². The number of nitrogens with one attached hydrogen (secondary N) is 1. The monoisotopic (exact) mass is 392 g/mol. The number of benzene rings is 1. The summed E-state index contributed by atoms with van der Waals surface area (Å²) in [5, 5.41) is 3.11. The Morgan fingerprint density at radius 2 is 2.04 bits per heavy atom. The van der Waals surface area contributed by atoms with E-state index >= 15 is 0 Å². The van der Waals surface area contributed by atoms with Crippen molar-refractivity contribution in [3.8, 4) is 5.75 Å². The third-order valence-electron chi connectivity index (χ3n) is 4.29. The van der Waals surface area contributed by atoms with E-state index in [0.717, 1.165) is 31.5 Å². The van der Waals surface area contributed by atoms with Crippen LogP contribution in [0, 0.1) is 5.92 Å². The number of nitrogens with zero attached hydrogens (tertiary/aromatic N) is 1. The molecule has 0 aliphatic carbocycles. The topological polar surface area (TPSA) is 41.6 Å². The average molecular weight is 393 g/mol. The van der Waals surface area contributed by atoms with Gasteiger partial charge in [0.2, 0.25) is 0 Å². The summed E-state index contributed by atoms with van der Waals surface area (Å²) in [6, 6.07) is 3.00. The molecule has 26 heavy (non-hydrogen) atoms. The van der Waals surface area contributed by atoms with Crippen LogP contribution in [-0.4, -0.2) is 44.1 Å². The van der Waals surface area contributed by atoms with Gasteiger partial charge in [-0.1, -0.05) is 12.7 Å². The van der Waals surface area contributed by atoms with Crippen molar-refractivity contribution < 1.29 is 22.7 Å². The molecule has 0 spiro atoms. The number of hydrogen-bond acceptors (Lipinski definition) is 3. The lowest BCUT2D eigenvalue weighted by Gasteiger charge is -2.32. The lowest BCUT2D eigenvalue weighted by Crippen LogP contribution is -2.40. The van der Waals surface area contributed by atoms with Crippen molar-refractivity contribution in [3.63, 3.8) is 0 Å². The molecule has 1 aliphatic heterocycles. The van der Waals surface area contributed by atoms with Crippen molar-refractivity contribution in [3.05, 3.63) is 42.0 Å². The molecule has 0 atom stereocenters. The van der Waals surface area contributed by atoms with Crippen LogP contribution < -0.4 is 10.1 Å². The minimum absolute atomic E-state index is 0. The summed E-state index contributed by atoms with van der Waals surface area (Å²) in [5.74, 6) is 0.204. The number of piperidine rings is 1. The van der Waals surface area contributed by atoms with Gasteiger partial charge in [0.25, 0.3) is 5.91 Å². The molecule has 1 saturated heterocycles. The second-order valence-electron chi connectivity index (χ2n) is 6.10. The first kappa shape index (κ1) is 22.3. The molecular weight excluding hydrogens is 369 g/mol. The number of carbonyl (C=O) groups excluding carboxylic acids is 1. The summed E-state index contributed by atoms with van der Waals surface area (Å²) in [4.78, 5) is 14.4. The number of hydrogen-bond donors (Lipinski definition) is 1. The summed E-state index contributed by atoms with van der Waals surface area (Å²) in [6.07, 6.45) is -1.37. The SMILES string of the molecule is C=CCOc1ccc(C(F)(F)F)cc1C(=O)N1CCC(CNC)CC1.Cl. The number of alkyl halides is 3. The molecule has 0 aromatic heterocycles. The number of ether oxygens (including phenoxy) is 1. The number of rotatable bonds is 6. The summed E-state index contributed by atoms with van der Waals surface area (Å²) in [6.45, 7) is 5.57. The van der Waals surface area contributed by atoms with E-state index in [1.54, 1.807) is 4.90 Å². The molecule has 1 heterocycles. The minimum Gasteiger partial charge on any atom is -0.489 e. The molecule has 1 amide bonds. The Labute approximate surface area is 157 Å². The average Bonchev–Trinajstić information content (AvgIpc) is 2.59. The summed E-state index contributed by atoms with van der Waals surface area (Å²) in [7, 11) is 1.88. The smallest absolute Gasteiger partial charge is 0.416 e. The van der Waals surface area contributed by atoms with Gasteiger partial charge in [-0.3, -0.25) is 4.79 Å². The molecule has 2 rings (SSSR count). The van der Waals surface area contributed by atoms with Crippen LogP contribution in [-0.2, 0) is 6.18 Å². The Balaban J connectivity index is 0.00000338. The van der Waals surface area contributed by atoms with Crippen molar-refractivity contribution in [1.29, 1.82) is 0 Å². The minimum atomic E-state index is -4.51. The quantitative estimate of drug-likeness (QED) is 0.749. The lowest BCUT2D eigenvalue weighted by molar-refractivity contribution is -0.137. The molecule has 0 saturated carbocycles. The number of amides is 1. The molecule has 1 aromatic carbocycles. The molecule has 1 aromatic rings. The van der Waals surface area contributed by atoms with Crippen molar-refractivity contribution in [2.75, 3.05) is 33.3 Å². The Bertz CT molecular complexity index is 615. The van der Waals surface area contributed by atoms with Crippen LogP contribution in [0.15, 0.2) is 30.9 Å². The maximum atomic E-state index is 13.0. The molecule has 1 aliphatic rings. The van der Waals surface area contributed by atoms with E-state index < -0.39 is 17.6 Å². The Kier molecular flexibility index (Phi) is 8.43. The van der Waals surface area contributed by atoms with E-state index in [0.29, 0.717) is 19.0 Å². The first-order valence-electron chi connectivity index (χ1n) is 8.25. The second-order valence-corrected chi connectivity index (χ2v) is 6.10. The molecule has 1 N–H and O–H groups in total. The molecule has 1 fully saturated rings. The van der Waals surface area contributed by atoms with E-state index in [1.807, 2.05) is 7.05 Å². The molecule has 0 radical (unpaired) electrons. The second kappa shape index (κ2) is 9.83. The number of halogens is 4. The van der Waals surface area contributed by atoms with Gasteiger partial charge in [0.05, 0.1) is 11.1 Å². The van der Waals surface area contributed by atoms with Gasteiger partial charge in [0, 0.05) is 13.1 Å². The first-order valence-corrected chi connectivity index (χ1v) is 8.25. The van der Waals surface area contributed by atoms with Crippen molar-refractivity contribution in [2.45, 2.75) is 19.0 Å². The largest absolute Gasteiger partial charge is 0.489 e. The maximum absolute atomic E-state index is 13.0. The summed E-state index contributed by atoms with van der Waals surface area (Å²) < 4.78 is 44.4. The number of likely N-dealkylation sites (tertiary alicyclic amines) is 1. The summed E-state index contributed by atoms with van der Waals surface area (Å²) >= 11 is 0. The molecule has 4 nitrogen and oxygen atoms in total. The van der Waals surface area contributed by atoms with Crippen LogP contribution >= 0.6 is 12.4 Å². The Morgan fingerprint density at radius 3 is 2.58 bits per heavy atom. The van der Waals surface area contributed by atoms with Crippen LogP contribution in [0.3, 0.4) is 0 Å². The van der Waals surface area contributed by atoms with E-state index in [4.69, 9.17) is 4.74 Å². The van der Waals surface area contributed by atoms with Crippen molar-refractivity contribution in [2.24, 2.45) is 5.92 Å². The fourth-order valence-corrected chi connectivity index (χ4v) is 2.95. The van der Waals surface area contributed by atoms with Gasteiger partial charge in [-0.25, -0.2) is 0 Å². The van der Waals surface area contributed by atoms with Gasteiger partial charge in [-0.05, 0) is 50.6 Å². The molecule has 8 heteroatoms. The van der Waals surface area contributed by atoms with E-state index in [2.05, 4.69) is 11.9 Å². The maximum Gasteiger partial charge on any atom is 0.416 e. The highest BCUT2D eigenvalue weighted by Gasteiger charge is 2.33. The summed E-state index contributed by atoms with van der Waals surface area (Å²) in [5.41, 5.74) is -0.907. The van der Waals surface area contributed by atoms with E-state index in [9.17, 15) is 18.0 Å². The predicted octanol–water partition coefficient (Wildman–Crippen LogP) is 3.76. The van der Waals surface area contributed by atoms with Crippen molar-refractivity contribution in [1.82, 2.24) is 10.2 Å². The van der Waals surface area contributed by atoms with Crippen LogP contribution in [0.1, 0.15) is 28.8 Å². The van der Waals surface area contributed by atoms with Gasteiger partial charge in [-0.15, -0.1) is 12.4 Å². The normalized spacial score (nSPS) is 15.3. The molecule has 0 unspecified atom stereocenters. The Hall–Kier alpha value is -1.73. The Morgan fingerprint density at radius 1 is 1.38 bits per heavy atom. The third-order valence-corrected chi connectivity index (χ3v) is 4.29. The van der Waals surface area contributed by atoms with Crippen molar-refractivity contribution >= 4 is 18.3 Å². The zero-order valence-electron chi connectivity index (χ0n) is 14.6. The highest BCUT2D eigenvalue weighted by Crippen LogP contribution is 2.33. The van der Waals surface area contributed by atoms with E-state index in [-0.39, 0.29) is 30.3 Å². The van der Waals surface area contributed by atoms with Gasteiger partial charge in [0.1, 0.15) is 12.4 Å². The lowest BCUT2D eigenvalue weighted by atomic mass is 9.96. The van der Waals surface area contributed by atoms with Crippen LogP contribution in [0.5, 0.6) is 5.75 Å². The number of carbonyl (C=O) groups is 1. The predicted molar refractivity (Wildman–Crippen MR) is 96.9 cm³/mol. The fraction of sp³-hybridized carbons (Fsp3) is 0.500. The first-order chi connectivity index (χ1) is 11.9. The highest BCUT2D eigenvalue weighted by atomic mass is 35.5. The zero-order chi connectivity index (χ0) is 18.4. The fourth-order valence-electron chi connectivity index (χ4n) is 2.95. The standard InChI is InChI=1S/C18H23F3N2O2.ClH/c1-3-10-25-16-5-4-14(18(19,20)21)11-15(16)17(24)23-8-6-13(7-9-23)12-22-2;/h3-5,11,13,22H,1,6-10,12H2,2H3;1H.